The Labute approximate surface area is 134 Å². The normalized spacial score (nSPS) is 16.9. The van der Waals surface area contributed by atoms with Crippen molar-refractivity contribution in [2.75, 3.05) is 25.1 Å². The van der Waals surface area contributed by atoms with E-state index in [1.807, 2.05) is 30.3 Å². The zero-order valence-corrected chi connectivity index (χ0v) is 13.2. The number of ether oxygens (including phenoxy) is 1. The maximum absolute atomic E-state index is 12.1. The fourth-order valence-corrected chi connectivity index (χ4v) is 3.79. The molecule has 2 amide bonds. The summed E-state index contributed by atoms with van der Waals surface area (Å²) in [7, 11) is 0. The molecule has 116 valence electrons. The molecule has 0 atom stereocenters. The summed E-state index contributed by atoms with van der Waals surface area (Å²) >= 11 is 1.76. The number of amides is 2. The molecule has 1 aliphatic heterocycles. The van der Waals surface area contributed by atoms with Crippen LogP contribution in [0.3, 0.4) is 0 Å². The number of hydrogen-bond donors (Lipinski definition) is 2. The summed E-state index contributed by atoms with van der Waals surface area (Å²) in [6, 6.07) is 13.6. The zero-order valence-electron chi connectivity index (χ0n) is 12.4. The Kier molecular flexibility index (Phi) is 4.75. The minimum Gasteiger partial charge on any atom is -0.381 e. The molecule has 1 aromatic heterocycles. The summed E-state index contributed by atoms with van der Waals surface area (Å²) in [4.78, 5) is 13.4. The largest absolute Gasteiger partial charge is 0.381 e. The van der Waals surface area contributed by atoms with E-state index < -0.39 is 0 Å². The van der Waals surface area contributed by atoms with E-state index in [1.165, 1.54) is 4.88 Å². The maximum Gasteiger partial charge on any atom is 0.319 e. The lowest BCUT2D eigenvalue weighted by molar-refractivity contribution is 0.0521. The highest BCUT2D eigenvalue weighted by atomic mass is 32.1. The number of thiophene rings is 1. The average molecular weight is 316 g/mol. The van der Waals surface area contributed by atoms with Gasteiger partial charge in [0.2, 0.25) is 0 Å². The van der Waals surface area contributed by atoms with Gasteiger partial charge in [-0.05, 0) is 36.4 Å². The van der Waals surface area contributed by atoms with Crippen molar-refractivity contribution in [3.63, 3.8) is 0 Å². The number of urea groups is 1. The van der Waals surface area contributed by atoms with Crippen LogP contribution in [-0.4, -0.2) is 25.8 Å². The molecule has 1 aromatic carbocycles. The first kappa shape index (κ1) is 15.1. The third-order valence-corrected chi connectivity index (χ3v) is 5.23. The molecule has 1 saturated heterocycles. The van der Waals surface area contributed by atoms with E-state index >= 15 is 0 Å². The molecule has 0 bridgehead atoms. The summed E-state index contributed by atoms with van der Waals surface area (Å²) in [5.74, 6) is 0. The summed E-state index contributed by atoms with van der Waals surface area (Å²) in [6.07, 6.45) is 1.89. The zero-order chi connectivity index (χ0) is 15.3. The van der Waals surface area contributed by atoms with Gasteiger partial charge in [-0.1, -0.05) is 24.3 Å². The molecule has 0 aliphatic carbocycles. The Hall–Kier alpha value is -1.85. The molecule has 2 aromatic rings. The van der Waals surface area contributed by atoms with Gasteiger partial charge in [-0.15, -0.1) is 11.3 Å². The molecule has 0 unspecified atom stereocenters. The Morgan fingerprint density at radius 3 is 2.59 bits per heavy atom. The van der Waals surface area contributed by atoms with Crippen molar-refractivity contribution in [1.82, 2.24) is 5.32 Å². The minimum atomic E-state index is -0.159. The van der Waals surface area contributed by atoms with E-state index in [9.17, 15) is 4.79 Å². The third kappa shape index (κ3) is 3.48. The van der Waals surface area contributed by atoms with Crippen LogP contribution in [0.25, 0.3) is 0 Å². The predicted molar refractivity (Wildman–Crippen MR) is 89.5 cm³/mol. The van der Waals surface area contributed by atoms with Gasteiger partial charge in [-0.3, -0.25) is 0 Å². The minimum absolute atomic E-state index is 0.000441. The summed E-state index contributed by atoms with van der Waals surface area (Å²) in [5, 5.41) is 7.99. The van der Waals surface area contributed by atoms with Crippen LogP contribution < -0.4 is 10.6 Å². The highest BCUT2D eigenvalue weighted by molar-refractivity contribution is 7.10. The van der Waals surface area contributed by atoms with E-state index in [-0.39, 0.29) is 11.4 Å². The van der Waals surface area contributed by atoms with Gasteiger partial charge < -0.3 is 15.4 Å². The second kappa shape index (κ2) is 6.94. The molecule has 1 aliphatic rings. The van der Waals surface area contributed by atoms with Crippen molar-refractivity contribution in [3.8, 4) is 0 Å². The summed E-state index contributed by atoms with van der Waals surface area (Å²) in [5.41, 5.74) is 0.803. The number of carbonyl (C=O) groups is 1. The van der Waals surface area contributed by atoms with Gasteiger partial charge in [-0.25, -0.2) is 4.79 Å². The molecule has 2 N–H and O–H groups in total. The van der Waals surface area contributed by atoms with Gasteiger partial charge in [0, 0.05) is 35.7 Å². The Morgan fingerprint density at radius 2 is 1.91 bits per heavy atom. The lowest BCUT2D eigenvalue weighted by Gasteiger charge is -2.36. The molecular formula is C17H20N2O2S. The summed E-state index contributed by atoms with van der Waals surface area (Å²) < 4.78 is 5.50. The smallest absolute Gasteiger partial charge is 0.319 e. The molecule has 1 fully saturated rings. The van der Waals surface area contributed by atoms with Crippen LogP contribution >= 0.6 is 11.3 Å². The lowest BCUT2D eigenvalue weighted by atomic mass is 9.78. The molecule has 2 heterocycles. The predicted octanol–water partition coefficient (Wildman–Crippen LogP) is 3.62. The third-order valence-electron chi connectivity index (χ3n) is 4.11. The van der Waals surface area contributed by atoms with Crippen LogP contribution in [0.2, 0.25) is 0 Å². The number of hydrogen-bond acceptors (Lipinski definition) is 3. The number of benzene rings is 1. The van der Waals surface area contributed by atoms with Crippen molar-refractivity contribution in [2.45, 2.75) is 18.3 Å². The van der Waals surface area contributed by atoms with E-state index in [1.54, 1.807) is 11.3 Å². The molecule has 0 spiro atoms. The van der Waals surface area contributed by atoms with Crippen LogP contribution in [-0.2, 0) is 10.2 Å². The van der Waals surface area contributed by atoms with Crippen LogP contribution in [0, 0.1) is 0 Å². The number of rotatable bonds is 4. The second-order valence-corrected chi connectivity index (χ2v) is 6.49. The number of anilines is 1. The molecular weight excluding hydrogens is 296 g/mol. The van der Waals surface area contributed by atoms with E-state index in [0.29, 0.717) is 6.54 Å². The van der Waals surface area contributed by atoms with Gasteiger partial charge >= 0.3 is 6.03 Å². The Balaban J connectivity index is 1.63. The summed E-state index contributed by atoms with van der Waals surface area (Å²) in [6.45, 7) is 2.13. The fourth-order valence-electron chi connectivity index (χ4n) is 2.80. The molecule has 22 heavy (non-hydrogen) atoms. The van der Waals surface area contributed by atoms with Crippen molar-refractivity contribution >= 4 is 23.1 Å². The second-order valence-electron chi connectivity index (χ2n) is 5.54. The van der Waals surface area contributed by atoms with Gasteiger partial charge in [-0.2, -0.15) is 0 Å². The van der Waals surface area contributed by atoms with E-state index in [2.05, 4.69) is 28.1 Å². The van der Waals surface area contributed by atoms with Crippen LogP contribution in [0.15, 0.2) is 47.8 Å². The Morgan fingerprint density at radius 1 is 1.14 bits per heavy atom. The van der Waals surface area contributed by atoms with Crippen LogP contribution in [0.4, 0.5) is 10.5 Å². The monoisotopic (exact) mass is 316 g/mol. The average Bonchev–Trinajstić information content (AvgIpc) is 3.10. The molecule has 0 radical (unpaired) electrons. The van der Waals surface area contributed by atoms with Crippen molar-refractivity contribution < 1.29 is 9.53 Å². The molecule has 3 rings (SSSR count). The molecule has 4 nitrogen and oxygen atoms in total. The van der Waals surface area contributed by atoms with Crippen LogP contribution in [0.5, 0.6) is 0 Å². The van der Waals surface area contributed by atoms with Gasteiger partial charge in [0.15, 0.2) is 0 Å². The molecule has 0 saturated carbocycles. The highest BCUT2D eigenvalue weighted by Crippen LogP contribution is 2.36. The standard InChI is InChI=1S/C17H20N2O2S/c20-16(19-14-5-2-1-3-6-14)18-13-17(8-10-21-11-9-17)15-7-4-12-22-15/h1-7,12H,8-11,13H2,(H2,18,19,20). The van der Waals surface area contributed by atoms with Crippen LogP contribution in [0.1, 0.15) is 17.7 Å². The lowest BCUT2D eigenvalue weighted by Crippen LogP contribution is -2.45. The SMILES string of the molecule is O=C(NCC1(c2cccs2)CCOCC1)Nc1ccccc1. The Bertz CT molecular complexity index is 592. The first-order valence-electron chi connectivity index (χ1n) is 7.50. The van der Waals surface area contributed by atoms with Crippen molar-refractivity contribution in [1.29, 1.82) is 0 Å². The van der Waals surface area contributed by atoms with E-state index in [4.69, 9.17) is 4.74 Å². The number of carbonyl (C=O) groups excluding carboxylic acids is 1. The highest BCUT2D eigenvalue weighted by Gasteiger charge is 2.35. The maximum atomic E-state index is 12.1. The van der Waals surface area contributed by atoms with E-state index in [0.717, 1.165) is 31.7 Å². The number of para-hydroxylation sites is 1. The van der Waals surface area contributed by atoms with Gasteiger partial charge in [0.05, 0.1) is 0 Å². The molecule has 5 heteroatoms. The van der Waals surface area contributed by atoms with Gasteiger partial charge in [0.1, 0.15) is 0 Å². The first-order chi connectivity index (χ1) is 10.8. The van der Waals surface area contributed by atoms with Crippen molar-refractivity contribution in [2.24, 2.45) is 0 Å². The topological polar surface area (TPSA) is 50.4 Å². The quantitative estimate of drug-likeness (QED) is 0.905. The van der Waals surface area contributed by atoms with Crippen molar-refractivity contribution in [3.05, 3.63) is 52.7 Å². The fraction of sp³-hybridized carbons (Fsp3) is 0.353. The first-order valence-corrected chi connectivity index (χ1v) is 8.38. The number of nitrogens with one attached hydrogen (secondary N) is 2. The van der Waals surface area contributed by atoms with Gasteiger partial charge in [0.25, 0.3) is 0 Å².